The summed E-state index contributed by atoms with van der Waals surface area (Å²) in [6, 6.07) is 0.197. The highest BCUT2D eigenvalue weighted by Gasteiger charge is 2.09. The Morgan fingerprint density at radius 1 is 1.55 bits per heavy atom. The molecule has 1 unspecified atom stereocenters. The lowest BCUT2D eigenvalue weighted by molar-refractivity contribution is -0.0177. The van der Waals surface area contributed by atoms with Crippen molar-refractivity contribution in [3.8, 4) is 0 Å². The van der Waals surface area contributed by atoms with Gasteiger partial charge in [0.05, 0.1) is 0 Å². The molecule has 1 atom stereocenters. The van der Waals surface area contributed by atoms with Gasteiger partial charge in [-0.25, -0.2) is 0 Å². The molecule has 0 aromatic carbocycles. The first-order chi connectivity index (χ1) is 5.11. The van der Waals surface area contributed by atoms with Crippen molar-refractivity contribution < 1.29 is 9.84 Å². The molecule has 0 saturated carbocycles. The van der Waals surface area contributed by atoms with Gasteiger partial charge in [0, 0.05) is 13.2 Å². The zero-order valence-electron chi connectivity index (χ0n) is 7.37. The number of aliphatic imine (C=N–C) groups is 1. The van der Waals surface area contributed by atoms with Crippen LogP contribution in [0.1, 0.15) is 13.8 Å². The summed E-state index contributed by atoms with van der Waals surface area (Å²) in [5.41, 5.74) is 0. The summed E-state index contributed by atoms with van der Waals surface area (Å²) in [6.07, 6.45) is 0.996. The molecule has 0 fully saturated rings. The van der Waals surface area contributed by atoms with Gasteiger partial charge in [-0.2, -0.15) is 0 Å². The summed E-state index contributed by atoms with van der Waals surface area (Å²) in [6.45, 7) is 3.91. The maximum Gasteiger partial charge on any atom is 0.204 e. The molecule has 0 bridgehead atoms. The van der Waals surface area contributed by atoms with Crippen molar-refractivity contribution in [2.24, 2.45) is 4.99 Å². The quantitative estimate of drug-likeness (QED) is 0.399. The Bertz CT molecular complexity index is 136. The molecule has 0 spiro atoms. The van der Waals surface area contributed by atoms with E-state index in [2.05, 4.69) is 4.99 Å². The first-order valence-electron chi connectivity index (χ1n) is 3.44. The van der Waals surface area contributed by atoms with E-state index in [4.69, 9.17) is 4.74 Å². The van der Waals surface area contributed by atoms with Crippen molar-refractivity contribution in [2.45, 2.75) is 26.2 Å². The van der Waals surface area contributed by atoms with Gasteiger partial charge in [-0.05, 0) is 20.1 Å². The molecule has 0 saturated heterocycles. The van der Waals surface area contributed by atoms with Gasteiger partial charge in [0.15, 0.2) is 0 Å². The number of thioether (sulfide) groups is 1. The van der Waals surface area contributed by atoms with Gasteiger partial charge >= 0.3 is 0 Å². The third-order valence-electron chi connectivity index (χ3n) is 1.03. The van der Waals surface area contributed by atoms with Crippen molar-refractivity contribution in [1.82, 2.24) is 0 Å². The van der Waals surface area contributed by atoms with Crippen LogP contribution in [0.4, 0.5) is 0 Å². The topological polar surface area (TPSA) is 41.8 Å². The maximum atomic E-state index is 9.19. The van der Waals surface area contributed by atoms with Crippen LogP contribution in [0, 0.1) is 0 Å². The molecule has 0 rings (SSSR count). The predicted octanol–water partition coefficient (Wildman–Crippen LogP) is 1.12. The summed E-state index contributed by atoms with van der Waals surface area (Å²) in [4.78, 5) is 4.17. The van der Waals surface area contributed by atoms with Gasteiger partial charge in [-0.15, -0.1) is 11.8 Å². The summed E-state index contributed by atoms with van der Waals surface area (Å²) in [5, 5.41) is 9.82. The normalized spacial score (nSPS) is 15.6. The monoisotopic (exact) mass is 177 g/mol. The smallest absolute Gasteiger partial charge is 0.204 e. The predicted molar refractivity (Wildman–Crippen MR) is 49.1 cm³/mol. The first-order valence-corrected chi connectivity index (χ1v) is 4.66. The van der Waals surface area contributed by atoms with Crippen LogP contribution in [0.15, 0.2) is 4.99 Å². The highest BCUT2D eigenvalue weighted by molar-refractivity contribution is 8.13. The van der Waals surface area contributed by atoms with Crippen LogP contribution in [0.5, 0.6) is 0 Å². The van der Waals surface area contributed by atoms with E-state index in [1.807, 2.05) is 20.1 Å². The Hall–Kier alpha value is -0.0600. The molecular formula is C7H15NO2S. The standard InChI is InChI=1S/C7H15NO2S/c1-5(2)8-6(11-4)7(9)10-3/h5,7,9H,1-4H3. The summed E-state index contributed by atoms with van der Waals surface area (Å²) < 4.78 is 4.71. The van der Waals surface area contributed by atoms with Gasteiger partial charge in [-0.1, -0.05) is 0 Å². The molecular weight excluding hydrogens is 162 g/mol. The second-order valence-electron chi connectivity index (χ2n) is 2.35. The minimum absolute atomic E-state index is 0.197. The van der Waals surface area contributed by atoms with Gasteiger partial charge in [0.2, 0.25) is 6.29 Å². The van der Waals surface area contributed by atoms with E-state index in [9.17, 15) is 5.11 Å². The second-order valence-corrected chi connectivity index (χ2v) is 3.18. The number of nitrogens with zero attached hydrogens (tertiary/aromatic N) is 1. The number of methoxy groups -OCH3 is 1. The fourth-order valence-electron chi connectivity index (χ4n) is 0.573. The minimum Gasteiger partial charge on any atom is -0.363 e. The molecule has 0 aliphatic rings. The van der Waals surface area contributed by atoms with Crippen LogP contribution < -0.4 is 0 Å². The number of aliphatic hydroxyl groups is 1. The summed E-state index contributed by atoms with van der Waals surface area (Å²) >= 11 is 1.41. The largest absolute Gasteiger partial charge is 0.363 e. The van der Waals surface area contributed by atoms with E-state index >= 15 is 0 Å². The van der Waals surface area contributed by atoms with Crippen LogP contribution in [-0.4, -0.2) is 35.8 Å². The first kappa shape index (κ1) is 10.9. The Labute approximate surface area is 71.9 Å². The average Bonchev–Trinajstić information content (AvgIpc) is 1.98. The van der Waals surface area contributed by atoms with Crippen molar-refractivity contribution in [3.05, 3.63) is 0 Å². The molecule has 0 aliphatic carbocycles. The fourth-order valence-corrected chi connectivity index (χ4v) is 1.19. The van der Waals surface area contributed by atoms with E-state index in [0.717, 1.165) is 0 Å². The molecule has 0 aromatic rings. The Kier molecular flexibility index (Phi) is 5.54. The lowest BCUT2D eigenvalue weighted by Gasteiger charge is -2.10. The van der Waals surface area contributed by atoms with E-state index in [-0.39, 0.29) is 6.04 Å². The molecule has 0 radical (unpaired) electrons. The van der Waals surface area contributed by atoms with E-state index < -0.39 is 6.29 Å². The molecule has 4 heteroatoms. The highest BCUT2D eigenvalue weighted by atomic mass is 32.2. The van der Waals surface area contributed by atoms with Crippen molar-refractivity contribution in [3.63, 3.8) is 0 Å². The number of hydrogen-bond acceptors (Lipinski definition) is 4. The highest BCUT2D eigenvalue weighted by Crippen LogP contribution is 2.06. The lowest BCUT2D eigenvalue weighted by atomic mass is 10.4. The van der Waals surface area contributed by atoms with Gasteiger partial charge in [0.1, 0.15) is 5.04 Å². The molecule has 0 aromatic heterocycles. The van der Waals surface area contributed by atoms with E-state index in [1.54, 1.807) is 0 Å². The van der Waals surface area contributed by atoms with E-state index in [0.29, 0.717) is 5.04 Å². The molecule has 0 heterocycles. The summed E-state index contributed by atoms with van der Waals surface area (Å²) in [5.74, 6) is 0. The molecule has 1 N–H and O–H groups in total. The number of ether oxygens (including phenoxy) is 1. The SMILES string of the molecule is COC(O)C(=NC(C)C)SC. The van der Waals surface area contributed by atoms with Gasteiger partial charge < -0.3 is 9.84 Å². The fraction of sp³-hybridized carbons (Fsp3) is 0.857. The maximum absolute atomic E-state index is 9.19. The number of rotatable bonds is 3. The van der Waals surface area contributed by atoms with Crippen molar-refractivity contribution >= 4 is 16.8 Å². The van der Waals surface area contributed by atoms with Crippen LogP contribution in [0.2, 0.25) is 0 Å². The van der Waals surface area contributed by atoms with Crippen molar-refractivity contribution in [1.29, 1.82) is 0 Å². The third kappa shape index (κ3) is 4.40. The average molecular weight is 177 g/mol. The molecule has 3 nitrogen and oxygen atoms in total. The second kappa shape index (κ2) is 5.57. The minimum atomic E-state index is -0.868. The molecule has 66 valence electrons. The lowest BCUT2D eigenvalue weighted by Crippen LogP contribution is -2.20. The van der Waals surface area contributed by atoms with Crippen LogP contribution in [0.25, 0.3) is 0 Å². The molecule has 11 heavy (non-hydrogen) atoms. The molecule has 0 amide bonds. The number of aliphatic hydroxyl groups excluding tert-OH is 1. The number of hydrogen-bond donors (Lipinski definition) is 1. The van der Waals surface area contributed by atoms with Gasteiger partial charge in [0.25, 0.3) is 0 Å². The molecule has 0 aliphatic heterocycles. The van der Waals surface area contributed by atoms with Crippen LogP contribution >= 0.6 is 11.8 Å². The Morgan fingerprint density at radius 3 is 2.36 bits per heavy atom. The Morgan fingerprint density at radius 2 is 2.09 bits per heavy atom. The van der Waals surface area contributed by atoms with Crippen LogP contribution in [-0.2, 0) is 4.74 Å². The zero-order chi connectivity index (χ0) is 8.85. The summed E-state index contributed by atoms with van der Waals surface area (Å²) in [7, 11) is 1.46. The van der Waals surface area contributed by atoms with E-state index in [1.165, 1.54) is 18.9 Å². The zero-order valence-corrected chi connectivity index (χ0v) is 8.18. The van der Waals surface area contributed by atoms with Crippen LogP contribution in [0.3, 0.4) is 0 Å². The van der Waals surface area contributed by atoms with Crippen molar-refractivity contribution in [2.75, 3.05) is 13.4 Å². The third-order valence-corrected chi connectivity index (χ3v) is 1.75. The Balaban J connectivity index is 4.14. The van der Waals surface area contributed by atoms with Gasteiger partial charge in [-0.3, -0.25) is 4.99 Å².